The molecule has 0 fully saturated rings. The molecule has 1 N–H and O–H groups in total. The minimum Gasteiger partial charge on any atom is -0.409 e. The van der Waals surface area contributed by atoms with E-state index >= 15 is 0 Å². The van der Waals surface area contributed by atoms with Gasteiger partial charge in [-0.1, -0.05) is 17.7 Å². The van der Waals surface area contributed by atoms with Crippen molar-refractivity contribution in [2.75, 3.05) is 7.05 Å². The van der Waals surface area contributed by atoms with Crippen molar-refractivity contribution in [1.29, 1.82) is 0 Å². The summed E-state index contributed by atoms with van der Waals surface area (Å²) >= 11 is 7.01. The number of quaternary nitrogens is 1. The van der Waals surface area contributed by atoms with Gasteiger partial charge in [-0.2, -0.15) is 16.0 Å². The average Bonchev–Trinajstić information content (AvgIpc) is 3.10. The highest BCUT2D eigenvalue weighted by atomic mass is 32.1. The first-order chi connectivity index (χ1) is 10.6. The molecule has 0 saturated carbocycles. The summed E-state index contributed by atoms with van der Waals surface area (Å²) in [6.07, 6.45) is 0. The first kappa shape index (κ1) is 15.1. The van der Waals surface area contributed by atoms with Gasteiger partial charge in [0.1, 0.15) is 6.54 Å². The third-order valence-electron chi connectivity index (χ3n) is 3.41. The van der Waals surface area contributed by atoms with Crippen LogP contribution < -0.4 is 4.90 Å². The molecule has 3 aromatic rings. The van der Waals surface area contributed by atoms with Crippen molar-refractivity contribution in [3.63, 3.8) is 0 Å². The molecule has 0 aliphatic carbocycles. The van der Waals surface area contributed by atoms with Crippen LogP contribution in [0.5, 0.6) is 0 Å². The van der Waals surface area contributed by atoms with Gasteiger partial charge in [-0.3, -0.25) is 0 Å². The fourth-order valence-corrected chi connectivity index (χ4v) is 3.13. The van der Waals surface area contributed by atoms with E-state index in [0.717, 1.165) is 12.1 Å². The van der Waals surface area contributed by atoms with Gasteiger partial charge < -0.3 is 9.32 Å². The van der Waals surface area contributed by atoms with Crippen LogP contribution in [0.3, 0.4) is 0 Å². The zero-order valence-corrected chi connectivity index (χ0v) is 14.2. The smallest absolute Gasteiger partial charge is 0.292 e. The first-order valence-electron chi connectivity index (χ1n) is 7.09. The number of aromatic nitrogens is 2. The van der Waals surface area contributed by atoms with Crippen molar-refractivity contribution < 1.29 is 9.32 Å². The van der Waals surface area contributed by atoms with Crippen LogP contribution in [0.15, 0.2) is 45.5 Å². The highest BCUT2D eigenvalue weighted by Gasteiger charge is 2.12. The van der Waals surface area contributed by atoms with Crippen molar-refractivity contribution in [3.8, 4) is 11.5 Å². The maximum Gasteiger partial charge on any atom is 0.292 e. The van der Waals surface area contributed by atoms with Gasteiger partial charge in [-0.25, -0.2) is 0 Å². The van der Waals surface area contributed by atoms with E-state index < -0.39 is 0 Å². The van der Waals surface area contributed by atoms with E-state index in [1.165, 1.54) is 16.0 Å². The molecule has 0 radical (unpaired) electrons. The number of nitrogens with one attached hydrogen (secondary N) is 1. The van der Waals surface area contributed by atoms with Crippen molar-refractivity contribution in [2.45, 2.75) is 20.1 Å². The SMILES string of the molecule is Cc1ccc(-c2nn(C[NH+](C)Cc3ccsc3)c(=S)o2)cc1. The summed E-state index contributed by atoms with van der Waals surface area (Å²) in [6, 6.07) is 10.2. The Balaban J connectivity index is 1.75. The highest BCUT2D eigenvalue weighted by molar-refractivity contribution is 7.71. The predicted octanol–water partition coefficient (Wildman–Crippen LogP) is 2.91. The Hall–Kier alpha value is -1.76. The topological polar surface area (TPSA) is 35.4 Å². The van der Waals surface area contributed by atoms with E-state index in [4.69, 9.17) is 16.6 Å². The summed E-state index contributed by atoms with van der Waals surface area (Å²) in [6.45, 7) is 3.68. The van der Waals surface area contributed by atoms with Crippen molar-refractivity contribution in [2.24, 2.45) is 0 Å². The summed E-state index contributed by atoms with van der Waals surface area (Å²) in [5.74, 6) is 0.577. The van der Waals surface area contributed by atoms with Gasteiger partial charge in [0.15, 0.2) is 6.67 Å². The zero-order valence-electron chi connectivity index (χ0n) is 12.6. The molecular formula is C16H18N3OS2+. The summed E-state index contributed by atoms with van der Waals surface area (Å²) < 4.78 is 7.39. The summed E-state index contributed by atoms with van der Waals surface area (Å²) in [5, 5.41) is 8.77. The van der Waals surface area contributed by atoms with E-state index in [1.54, 1.807) is 16.0 Å². The molecule has 3 rings (SSSR count). The van der Waals surface area contributed by atoms with Gasteiger partial charge in [-0.05, 0) is 48.1 Å². The molecule has 0 saturated heterocycles. The van der Waals surface area contributed by atoms with Crippen LogP contribution in [0.2, 0.25) is 0 Å². The van der Waals surface area contributed by atoms with Gasteiger partial charge in [0, 0.05) is 11.1 Å². The second kappa shape index (κ2) is 6.56. The van der Waals surface area contributed by atoms with Gasteiger partial charge in [-0.15, -0.1) is 5.10 Å². The zero-order chi connectivity index (χ0) is 15.5. The molecule has 1 unspecified atom stereocenters. The Morgan fingerprint density at radius 1 is 1.27 bits per heavy atom. The van der Waals surface area contributed by atoms with E-state index in [-0.39, 0.29) is 0 Å². The van der Waals surface area contributed by atoms with Crippen LogP contribution >= 0.6 is 23.6 Å². The molecule has 0 aliphatic heterocycles. The van der Waals surface area contributed by atoms with Crippen LogP contribution in [0.25, 0.3) is 11.5 Å². The molecule has 114 valence electrons. The third kappa shape index (κ3) is 3.52. The van der Waals surface area contributed by atoms with Gasteiger partial charge >= 0.3 is 0 Å². The maximum absolute atomic E-state index is 5.63. The Morgan fingerprint density at radius 3 is 2.73 bits per heavy atom. The average molecular weight is 332 g/mol. The minimum absolute atomic E-state index is 0.417. The third-order valence-corrected chi connectivity index (χ3v) is 4.44. The maximum atomic E-state index is 5.63. The molecule has 22 heavy (non-hydrogen) atoms. The summed E-state index contributed by atoms with van der Waals surface area (Å²) in [5.41, 5.74) is 3.49. The first-order valence-corrected chi connectivity index (χ1v) is 8.44. The number of thiophene rings is 1. The summed E-state index contributed by atoms with van der Waals surface area (Å²) in [7, 11) is 2.12. The molecule has 0 bridgehead atoms. The predicted molar refractivity (Wildman–Crippen MR) is 90.4 cm³/mol. The van der Waals surface area contributed by atoms with E-state index in [9.17, 15) is 0 Å². The number of rotatable bonds is 5. The molecule has 0 amide bonds. The lowest BCUT2D eigenvalue weighted by Crippen LogP contribution is -3.06. The molecule has 2 aromatic heterocycles. The molecular weight excluding hydrogens is 314 g/mol. The van der Waals surface area contributed by atoms with E-state index in [2.05, 4.69) is 35.9 Å². The Morgan fingerprint density at radius 2 is 2.05 bits per heavy atom. The number of aryl methyl sites for hydroxylation is 1. The number of nitrogens with zero attached hydrogens (tertiary/aromatic N) is 2. The lowest BCUT2D eigenvalue weighted by molar-refractivity contribution is -0.917. The largest absolute Gasteiger partial charge is 0.409 e. The molecule has 6 heteroatoms. The van der Waals surface area contributed by atoms with Gasteiger partial charge in [0.2, 0.25) is 5.89 Å². The van der Waals surface area contributed by atoms with Crippen LogP contribution in [-0.2, 0) is 13.2 Å². The van der Waals surface area contributed by atoms with Crippen LogP contribution in [0, 0.1) is 11.8 Å². The Labute approximate surface area is 138 Å². The minimum atomic E-state index is 0.417. The van der Waals surface area contributed by atoms with Crippen molar-refractivity contribution in [1.82, 2.24) is 9.78 Å². The standard InChI is InChI=1S/C16H17N3OS2/c1-12-3-5-14(6-4-12)15-17-19(16(21)20-15)11-18(2)9-13-7-8-22-10-13/h3-8,10H,9,11H2,1-2H3/p+1. The van der Waals surface area contributed by atoms with Crippen LogP contribution in [0.4, 0.5) is 0 Å². The number of hydrogen-bond acceptors (Lipinski definition) is 4. The second-order valence-corrected chi connectivity index (χ2v) is 6.59. The molecule has 4 nitrogen and oxygen atoms in total. The van der Waals surface area contributed by atoms with E-state index in [0.29, 0.717) is 17.4 Å². The van der Waals surface area contributed by atoms with E-state index in [1.807, 2.05) is 24.3 Å². The van der Waals surface area contributed by atoms with Crippen molar-refractivity contribution >= 4 is 23.6 Å². The highest BCUT2D eigenvalue weighted by Crippen LogP contribution is 2.17. The van der Waals surface area contributed by atoms with Crippen molar-refractivity contribution in [3.05, 3.63) is 57.1 Å². The van der Waals surface area contributed by atoms with Gasteiger partial charge in [0.05, 0.1) is 7.05 Å². The lowest BCUT2D eigenvalue weighted by atomic mass is 10.1. The molecule has 0 spiro atoms. The monoisotopic (exact) mass is 332 g/mol. The normalized spacial score (nSPS) is 12.5. The summed E-state index contributed by atoms with van der Waals surface area (Å²) in [4.78, 5) is 1.72. The quantitative estimate of drug-likeness (QED) is 0.730. The van der Waals surface area contributed by atoms with Gasteiger partial charge in [0.25, 0.3) is 4.84 Å². The fraction of sp³-hybridized carbons (Fsp3) is 0.250. The Bertz CT molecular complexity index is 788. The second-order valence-electron chi connectivity index (χ2n) is 5.46. The molecule has 2 heterocycles. The number of benzene rings is 1. The lowest BCUT2D eigenvalue weighted by Gasteiger charge is -2.11. The fourth-order valence-electron chi connectivity index (χ4n) is 2.27. The molecule has 1 aromatic carbocycles. The van der Waals surface area contributed by atoms with Crippen LogP contribution in [-0.4, -0.2) is 16.8 Å². The molecule has 0 aliphatic rings. The van der Waals surface area contributed by atoms with Crippen LogP contribution in [0.1, 0.15) is 11.1 Å². The molecule has 1 atom stereocenters. The Kier molecular flexibility index (Phi) is 4.52. The number of hydrogen-bond donors (Lipinski definition) is 1.